The van der Waals surface area contributed by atoms with Gasteiger partial charge in [0.1, 0.15) is 5.58 Å². The molecule has 0 bridgehead atoms. The van der Waals surface area contributed by atoms with Crippen LogP contribution in [0, 0.1) is 0 Å². The van der Waals surface area contributed by atoms with Gasteiger partial charge in [-0.3, -0.25) is 0 Å². The van der Waals surface area contributed by atoms with Gasteiger partial charge in [-0.05, 0) is 23.8 Å². The lowest BCUT2D eigenvalue weighted by Gasteiger charge is -2.07. The second-order valence-electron chi connectivity index (χ2n) is 4.33. The van der Waals surface area contributed by atoms with Crippen LogP contribution in [0.15, 0.2) is 51.7 Å². The molecule has 4 nitrogen and oxygen atoms in total. The van der Waals surface area contributed by atoms with E-state index < -0.39 is 5.63 Å². The third kappa shape index (κ3) is 2.10. The minimum absolute atomic E-state index is 0.197. The number of phenols is 2. The van der Waals surface area contributed by atoms with Crippen molar-refractivity contribution in [2.75, 3.05) is 0 Å². The van der Waals surface area contributed by atoms with Crippen LogP contribution in [0.3, 0.4) is 0 Å². The van der Waals surface area contributed by atoms with E-state index in [1.165, 1.54) is 18.2 Å². The van der Waals surface area contributed by atoms with Crippen molar-refractivity contribution in [3.8, 4) is 22.6 Å². The van der Waals surface area contributed by atoms with Crippen molar-refractivity contribution in [1.29, 1.82) is 0 Å². The second kappa shape index (κ2) is 4.58. The first-order valence-electron chi connectivity index (χ1n) is 5.80. The Labute approximate surface area is 118 Å². The van der Waals surface area contributed by atoms with Crippen LogP contribution in [0.2, 0.25) is 5.02 Å². The predicted molar refractivity (Wildman–Crippen MR) is 76.3 cm³/mol. The number of aromatic hydroxyl groups is 2. The molecule has 0 aliphatic carbocycles. The Kier molecular flexibility index (Phi) is 2.88. The summed E-state index contributed by atoms with van der Waals surface area (Å²) in [6.45, 7) is 0. The van der Waals surface area contributed by atoms with Crippen molar-refractivity contribution in [2.24, 2.45) is 0 Å². The summed E-state index contributed by atoms with van der Waals surface area (Å²) in [4.78, 5) is 11.6. The van der Waals surface area contributed by atoms with Gasteiger partial charge in [-0.15, -0.1) is 0 Å². The standard InChI is InChI=1S/C15H9ClO4/c16-9-3-1-2-8(4-9)10-6-15(19)20-14-7-13(18)12(17)5-11(10)14/h1-7,17-18H. The van der Waals surface area contributed by atoms with Crippen molar-refractivity contribution < 1.29 is 14.6 Å². The molecule has 0 radical (unpaired) electrons. The number of fused-ring (bicyclic) bond motifs is 1. The van der Waals surface area contributed by atoms with Crippen molar-refractivity contribution in [3.05, 3.63) is 57.9 Å². The molecule has 5 heteroatoms. The van der Waals surface area contributed by atoms with Crippen molar-refractivity contribution in [3.63, 3.8) is 0 Å². The second-order valence-corrected chi connectivity index (χ2v) is 4.76. The molecule has 0 saturated carbocycles. The molecule has 0 unspecified atom stereocenters. The fourth-order valence-corrected chi connectivity index (χ4v) is 2.27. The van der Waals surface area contributed by atoms with Crippen molar-refractivity contribution in [1.82, 2.24) is 0 Å². The van der Waals surface area contributed by atoms with E-state index in [1.807, 2.05) is 0 Å². The quantitative estimate of drug-likeness (QED) is 0.531. The Morgan fingerprint density at radius 2 is 1.75 bits per heavy atom. The zero-order valence-corrected chi connectivity index (χ0v) is 10.9. The number of hydrogen-bond donors (Lipinski definition) is 2. The molecule has 1 aromatic heterocycles. The molecule has 0 amide bonds. The molecule has 0 aliphatic rings. The van der Waals surface area contributed by atoms with Gasteiger partial charge in [-0.25, -0.2) is 4.79 Å². The molecular weight excluding hydrogens is 280 g/mol. The summed E-state index contributed by atoms with van der Waals surface area (Å²) in [5.41, 5.74) is 0.954. The minimum atomic E-state index is -0.544. The highest BCUT2D eigenvalue weighted by Gasteiger charge is 2.11. The summed E-state index contributed by atoms with van der Waals surface area (Å²) in [5.74, 6) is -0.626. The maximum absolute atomic E-state index is 11.6. The summed E-state index contributed by atoms with van der Waals surface area (Å²) in [5, 5.41) is 20.1. The van der Waals surface area contributed by atoms with Gasteiger partial charge in [-0.1, -0.05) is 23.7 Å². The lowest BCUT2D eigenvalue weighted by atomic mass is 10.0. The van der Waals surface area contributed by atoms with Gasteiger partial charge < -0.3 is 14.6 Å². The lowest BCUT2D eigenvalue weighted by molar-refractivity contribution is 0.403. The van der Waals surface area contributed by atoms with E-state index in [-0.39, 0.29) is 17.1 Å². The molecule has 3 aromatic rings. The summed E-state index contributed by atoms with van der Waals surface area (Å²) >= 11 is 5.95. The lowest BCUT2D eigenvalue weighted by Crippen LogP contribution is -1.98. The maximum Gasteiger partial charge on any atom is 0.336 e. The van der Waals surface area contributed by atoms with E-state index in [9.17, 15) is 15.0 Å². The summed E-state index contributed by atoms with van der Waals surface area (Å²) in [6.07, 6.45) is 0. The molecule has 1 heterocycles. The molecule has 3 rings (SSSR count). The number of rotatable bonds is 1. The van der Waals surface area contributed by atoms with E-state index in [0.29, 0.717) is 16.0 Å². The van der Waals surface area contributed by atoms with E-state index in [2.05, 4.69) is 0 Å². The van der Waals surface area contributed by atoms with Gasteiger partial charge in [0.15, 0.2) is 11.5 Å². The van der Waals surface area contributed by atoms with Crippen LogP contribution in [-0.4, -0.2) is 10.2 Å². The SMILES string of the molecule is O=c1cc(-c2cccc(Cl)c2)c2cc(O)c(O)cc2o1. The summed E-state index contributed by atoms with van der Waals surface area (Å²) in [7, 11) is 0. The average Bonchev–Trinajstić information content (AvgIpc) is 2.40. The highest BCUT2D eigenvalue weighted by Crippen LogP contribution is 2.35. The van der Waals surface area contributed by atoms with E-state index in [1.54, 1.807) is 24.3 Å². The molecule has 20 heavy (non-hydrogen) atoms. The smallest absolute Gasteiger partial charge is 0.336 e. The van der Waals surface area contributed by atoms with Gasteiger partial charge in [0.2, 0.25) is 0 Å². The fraction of sp³-hybridized carbons (Fsp3) is 0. The van der Waals surface area contributed by atoms with Crippen LogP contribution in [0.4, 0.5) is 0 Å². The normalized spacial score (nSPS) is 10.8. The Balaban J connectivity index is 2.40. The van der Waals surface area contributed by atoms with Gasteiger partial charge in [0, 0.05) is 28.1 Å². The largest absolute Gasteiger partial charge is 0.504 e. The topological polar surface area (TPSA) is 70.7 Å². The number of hydrogen-bond acceptors (Lipinski definition) is 4. The Morgan fingerprint density at radius 3 is 2.50 bits per heavy atom. The van der Waals surface area contributed by atoms with Crippen LogP contribution in [0.25, 0.3) is 22.1 Å². The molecular formula is C15H9ClO4. The molecule has 0 atom stereocenters. The first-order chi connectivity index (χ1) is 9.54. The van der Waals surface area contributed by atoms with E-state index in [0.717, 1.165) is 5.56 Å². The fourth-order valence-electron chi connectivity index (χ4n) is 2.08. The van der Waals surface area contributed by atoms with Crippen LogP contribution >= 0.6 is 11.6 Å². The van der Waals surface area contributed by atoms with Gasteiger partial charge in [0.05, 0.1) is 0 Å². The third-order valence-electron chi connectivity index (χ3n) is 2.98. The summed E-state index contributed by atoms with van der Waals surface area (Å²) in [6, 6.07) is 10.9. The molecule has 0 spiro atoms. The highest BCUT2D eigenvalue weighted by atomic mass is 35.5. The third-order valence-corrected chi connectivity index (χ3v) is 3.21. The van der Waals surface area contributed by atoms with Crippen LogP contribution in [0.5, 0.6) is 11.5 Å². The molecule has 0 fully saturated rings. The monoisotopic (exact) mass is 288 g/mol. The number of halogens is 1. The van der Waals surface area contributed by atoms with Crippen LogP contribution < -0.4 is 5.63 Å². The van der Waals surface area contributed by atoms with E-state index in [4.69, 9.17) is 16.0 Å². The zero-order valence-electron chi connectivity index (χ0n) is 10.1. The number of phenolic OH excluding ortho intramolecular Hbond substituents is 2. The first kappa shape index (κ1) is 12.6. The minimum Gasteiger partial charge on any atom is -0.504 e. The maximum atomic E-state index is 11.6. The van der Waals surface area contributed by atoms with E-state index >= 15 is 0 Å². The zero-order chi connectivity index (χ0) is 14.3. The average molecular weight is 289 g/mol. The van der Waals surface area contributed by atoms with Crippen LogP contribution in [-0.2, 0) is 0 Å². The molecule has 2 N–H and O–H groups in total. The van der Waals surface area contributed by atoms with Crippen molar-refractivity contribution >= 4 is 22.6 Å². The Morgan fingerprint density at radius 1 is 1.00 bits per heavy atom. The summed E-state index contributed by atoms with van der Waals surface area (Å²) < 4.78 is 5.03. The predicted octanol–water partition coefficient (Wildman–Crippen LogP) is 3.52. The van der Waals surface area contributed by atoms with Crippen molar-refractivity contribution in [2.45, 2.75) is 0 Å². The van der Waals surface area contributed by atoms with Gasteiger partial charge in [0.25, 0.3) is 0 Å². The van der Waals surface area contributed by atoms with Crippen LogP contribution in [0.1, 0.15) is 0 Å². The number of benzene rings is 2. The molecule has 0 saturated heterocycles. The first-order valence-corrected chi connectivity index (χ1v) is 6.18. The molecule has 2 aromatic carbocycles. The molecule has 100 valence electrons. The Hall–Kier alpha value is -2.46. The Bertz CT molecular complexity index is 867. The molecule has 0 aliphatic heterocycles. The highest BCUT2D eigenvalue weighted by molar-refractivity contribution is 6.30. The van der Waals surface area contributed by atoms with Gasteiger partial charge in [-0.2, -0.15) is 0 Å². The van der Waals surface area contributed by atoms with Gasteiger partial charge >= 0.3 is 5.63 Å².